The summed E-state index contributed by atoms with van der Waals surface area (Å²) < 4.78 is 5.96. The first-order valence-corrected chi connectivity index (χ1v) is 9.50. The fourth-order valence-electron chi connectivity index (χ4n) is 3.37. The van der Waals surface area contributed by atoms with Crippen molar-refractivity contribution in [1.82, 2.24) is 5.32 Å². The van der Waals surface area contributed by atoms with Crippen molar-refractivity contribution in [3.05, 3.63) is 59.7 Å². The van der Waals surface area contributed by atoms with Crippen molar-refractivity contribution in [3.8, 4) is 5.75 Å². The number of carbonyl (C=O) groups is 2. The maximum atomic E-state index is 13.0. The summed E-state index contributed by atoms with van der Waals surface area (Å²) in [5.74, 6) is 0.471. The van der Waals surface area contributed by atoms with Crippen LogP contribution in [0.15, 0.2) is 48.5 Å². The number of benzene rings is 2. The third-order valence-corrected chi connectivity index (χ3v) is 4.71. The van der Waals surface area contributed by atoms with Crippen molar-refractivity contribution >= 4 is 17.5 Å². The number of hydrogen-bond donors (Lipinski definition) is 1. The van der Waals surface area contributed by atoms with Crippen molar-refractivity contribution in [2.75, 3.05) is 11.5 Å². The smallest absolute Gasteiger partial charge is 0.254 e. The van der Waals surface area contributed by atoms with Gasteiger partial charge in [0.15, 0.2) is 0 Å². The van der Waals surface area contributed by atoms with E-state index in [-0.39, 0.29) is 11.8 Å². The average Bonchev–Trinajstić information content (AvgIpc) is 2.92. The van der Waals surface area contributed by atoms with E-state index in [4.69, 9.17) is 4.74 Å². The molecule has 27 heavy (non-hydrogen) atoms. The van der Waals surface area contributed by atoms with Gasteiger partial charge >= 0.3 is 0 Å². The predicted octanol–water partition coefficient (Wildman–Crippen LogP) is 3.98. The van der Waals surface area contributed by atoms with Crippen LogP contribution in [0.25, 0.3) is 0 Å². The van der Waals surface area contributed by atoms with Crippen LogP contribution in [0.3, 0.4) is 0 Å². The second kappa shape index (κ2) is 8.71. The molecule has 0 saturated heterocycles. The molecule has 0 spiro atoms. The van der Waals surface area contributed by atoms with Gasteiger partial charge in [-0.1, -0.05) is 56.2 Å². The van der Waals surface area contributed by atoms with E-state index in [1.54, 1.807) is 4.90 Å². The lowest BCUT2D eigenvalue weighted by atomic mass is 10.1. The molecule has 2 amide bonds. The van der Waals surface area contributed by atoms with E-state index in [0.29, 0.717) is 13.2 Å². The summed E-state index contributed by atoms with van der Waals surface area (Å²) in [5.41, 5.74) is 2.63. The lowest BCUT2D eigenvalue weighted by Crippen LogP contribution is -2.36. The first-order chi connectivity index (χ1) is 13.1. The van der Waals surface area contributed by atoms with Crippen LogP contribution in [0.2, 0.25) is 0 Å². The molecule has 5 nitrogen and oxygen atoms in total. The highest BCUT2D eigenvalue weighted by atomic mass is 16.5. The molecule has 3 rings (SSSR count). The molecule has 0 unspecified atom stereocenters. The first-order valence-electron chi connectivity index (χ1n) is 9.50. The van der Waals surface area contributed by atoms with Crippen LogP contribution >= 0.6 is 0 Å². The lowest BCUT2D eigenvalue weighted by molar-refractivity contribution is -0.126. The van der Waals surface area contributed by atoms with Crippen molar-refractivity contribution in [2.24, 2.45) is 0 Å². The number of anilines is 1. The molecular formula is C22H26N2O3. The van der Waals surface area contributed by atoms with Crippen molar-refractivity contribution < 1.29 is 14.3 Å². The average molecular weight is 366 g/mol. The van der Waals surface area contributed by atoms with E-state index in [0.717, 1.165) is 41.8 Å². The van der Waals surface area contributed by atoms with Crippen LogP contribution in [0, 0.1) is 0 Å². The van der Waals surface area contributed by atoms with Gasteiger partial charge in [-0.25, -0.2) is 0 Å². The zero-order valence-corrected chi connectivity index (χ0v) is 15.9. The topological polar surface area (TPSA) is 58.6 Å². The molecule has 2 aromatic rings. The molecule has 2 aromatic carbocycles. The molecule has 1 atom stereocenters. The largest absolute Gasteiger partial charge is 0.493 e. The van der Waals surface area contributed by atoms with Crippen LogP contribution in [-0.2, 0) is 16.1 Å². The van der Waals surface area contributed by atoms with Gasteiger partial charge in [0.25, 0.3) is 5.91 Å². The zero-order chi connectivity index (χ0) is 19.2. The lowest BCUT2D eigenvalue weighted by Gasteiger charge is -2.20. The van der Waals surface area contributed by atoms with Crippen molar-refractivity contribution in [1.29, 1.82) is 0 Å². The molecular weight excluding hydrogens is 340 g/mol. The van der Waals surface area contributed by atoms with Gasteiger partial charge < -0.3 is 15.0 Å². The Morgan fingerprint density at radius 1 is 1.11 bits per heavy atom. The Bertz CT molecular complexity index is 819. The number of rotatable bonds is 8. The fraction of sp³-hybridized carbons (Fsp3) is 0.364. The van der Waals surface area contributed by atoms with Gasteiger partial charge in [0.2, 0.25) is 5.91 Å². The summed E-state index contributed by atoms with van der Waals surface area (Å²) in [6, 6.07) is 14.8. The number of fused-ring (bicyclic) bond motifs is 1. The minimum Gasteiger partial charge on any atom is -0.493 e. The van der Waals surface area contributed by atoms with E-state index in [2.05, 4.69) is 12.2 Å². The highest BCUT2D eigenvalue weighted by molar-refractivity contribution is 6.06. The van der Waals surface area contributed by atoms with Crippen LogP contribution in [-0.4, -0.2) is 18.4 Å². The van der Waals surface area contributed by atoms with Gasteiger partial charge in [0, 0.05) is 23.7 Å². The zero-order valence-electron chi connectivity index (χ0n) is 15.9. The van der Waals surface area contributed by atoms with Gasteiger partial charge in [-0.05, 0) is 18.6 Å². The second-order valence-electron chi connectivity index (χ2n) is 6.78. The molecule has 5 heteroatoms. The first kappa shape index (κ1) is 19.0. The van der Waals surface area contributed by atoms with E-state index >= 15 is 0 Å². The Morgan fingerprint density at radius 3 is 2.63 bits per heavy atom. The number of unbranched alkanes of at least 4 members (excludes halogenated alkanes) is 2. The van der Waals surface area contributed by atoms with Gasteiger partial charge in [-0.15, -0.1) is 0 Å². The molecule has 1 aliphatic rings. The summed E-state index contributed by atoms with van der Waals surface area (Å²) in [4.78, 5) is 26.3. The van der Waals surface area contributed by atoms with Gasteiger partial charge in [-0.2, -0.15) is 0 Å². The summed E-state index contributed by atoms with van der Waals surface area (Å²) in [7, 11) is 0. The van der Waals surface area contributed by atoms with Crippen molar-refractivity contribution in [2.45, 2.75) is 45.7 Å². The Hall–Kier alpha value is -2.82. The molecule has 1 N–H and O–H groups in total. The molecule has 142 valence electrons. The maximum Gasteiger partial charge on any atom is 0.254 e. The molecule has 0 fully saturated rings. The summed E-state index contributed by atoms with van der Waals surface area (Å²) in [6.45, 7) is 4.67. The normalized spacial score (nSPS) is 15.6. The van der Waals surface area contributed by atoms with Gasteiger partial charge in [0.05, 0.1) is 13.2 Å². The Kier molecular flexibility index (Phi) is 6.12. The number of para-hydroxylation sites is 2. The van der Waals surface area contributed by atoms with E-state index in [1.165, 1.54) is 6.92 Å². The van der Waals surface area contributed by atoms with Crippen LogP contribution in [0.4, 0.5) is 5.69 Å². The number of carbonyl (C=O) groups excluding carboxylic acids is 2. The van der Waals surface area contributed by atoms with E-state index in [1.807, 2.05) is 48.5 Å². The summed E-state index contributed by atoms with van der Waals surface area (Å²) >= 11 is 0. The minimum atomic E-state index is -0.628. The number of hydrogen-bond acceptors (Lipinski definition) is 3. The highest BCUT2D eigenvalue weighted by Crippen LogP contribution is 2.37. The van der Waals surface area contributed by atoms with Gasteiger partial charge in [-0.3, -0.25) is 9.59 Å². The minimum absolute atomic E-state index is 0.118. The number of ether oxygens (including phenoxy) is 1. The molecule has 1 aliphatic heterocycles. The number of nitrogens with one attached hydrogen (secondary N) is 1. The quantitative estimate of drug-likeness (QED) is 0.719. The van der Waals surface area contributed by atoms with E-state index in [9.17, 15) is 9.59 Å². The van der Waals surface area contributed by atoms with Crippen LogP contribution < -0.4 is 15.0 Å². The van der Waals surface area contributed by atoms with E-state index < -0.39 is 6.04 Å². The van der Waals surface area contributed by atoms with Crippen molar-refractivity contribution in [3.63, 3.8) is 0 Å². The summed E-state index contributed by atoms with van der Waals surface area (Å²) in [5, 5.41) is 2.77. The fourth-order valence-corrected chi connectivity index (χ4v) is 3.37. The summed E-state index contributed by atoms with van der Waals surface area (Å²) in [6.07, 6.45) is 3.30. The molecule has 0 saturated carbocycles. The number of nitrogens with zero attached hydrogens (tertiary/aromatic N) is 1. The number of amides is 2. The third-order valence-electron chi connectivity index (χ3n) is 4.71. The van der Waals surface area contributed by atoms with Gasteiger partial charge in [0.1, 0.15) is 11.8 Å². The SMILES string of the molecule is CCCCCOc1ccccc1CN1C(=O)[C@@H](NC(C)=O)c2ccccc21. The van der Waals surface area contributed by atoms with Crippen LogP contribution in [0.1, 0.15) is 50.3 Å². The van der Waals surface area contributed by atoms with Crippen LogP contribution in [0.5, 0.6) is 5.75 Å². The molecule has 0 radical (unpaired) electrons. The Labute approximate surface area is 160 Å². The predicted molar refractivity (Wildman–Crippen MR) is 106 cm³/mol. The second-order valence-corrected chi connectivity index (χ2v) is 6.78. The monoisotopic (exact) mass is 366 g/mol. The standard InChI is InChI=1S/C22H26N2O3/c1-3-4-9-14-27-20-13-8-5-10-17(20)15-24-19-12-7-6-11-18(19)21(22(24)26)23-16(2)25/h5-8,10-13,21H,3-4,9,14-15H2,1-2H3,(H,23,25)/t21-/m0/s1. The molecule has 0 aromatic heterocycles. The maximum absolute atomic E-state index is 13.0. The Balaban J connectivity index is 1.81. The molecule has 0 aliphatic carbocycles. The molecule has 0 bridgehead atoms. The third kappa shape index (κ3) is 4.30. The highest BCUT2D eigenvalue weighted by Gasteiger charge is 2.37. The Morgan fingerprint density at radius 2 is 1.85 bits per heavy atom. The molecule has 1 heterocycles.